The van der Waals surface area contributed by atoms with E-state index in [1.54, 1.807) is 18.2 Å². The highest BCUT2D eigenvalue weighted by Crippen LogP contribution is 2.19. The highest BCUT2D eigenvalue weighted by molar-refractivity contribution is 6.08. The number of para-hydroxylation sites is 1. The summed E-state index contributed by atoms with van der Waals surface area (Å²) in [6.45, 7) is 2.75. The van der Waals surface area contributed by atoms with Crippen molar-refractivity contribution < 1.29 is 13.6 Å². The van der Waals surface area contributed by atoms with Crippen LogP contribution in [0.1, 0.15) is 23.7 Å². The Morgan fingerprint density at radius 1 is 1.10 bits per heavy atom. The van der Waals surface area contributed by atoms with Crippen molar-refractivity contribution in [2.75, 3.05) is 17.2 Å². The van der Waals surface area contributed by atoms with Crippen LogP contribution < -0.4 is 10.6 Å². The molecule has 2 rings (SSSR count). The minimum Gasteiger partial charge on any atom is -0.384 e. The lowest BCUT2D eigenvalue weighted by atomic mass is 10.1. The summed E-state index contributed by atoms with van der Waals surface area (Å²) in [7, 11) is 0. The predicted octanol–water partition coefficient (Wildman–Crippen LogP) is 4.04. The van der Waals surface area contributed by atoms with E-state index in [0.29, 0.717) is 11.3 Å². The molecule has 0 saturated carbocycles. The molecule has 5 heteroatoms. The number of hydrogen-bond acceptors (Lipinski definition) is 2. The number of benzene rings is 2. The van der Waals surface area contributed by atoms with Gasteiger partial charge in [0, 0.05) is 18.3 Å². The quantitative estimate of drug-likeness (QED) is 0.872. The van der Waals surface area contributed by atoms with Crippen LogP contribution in [0.5, 0.6) is 0 Å². The molecule has 2 N–H and O–H groups in total. The van der Waals surface area contributed by atoms with Crippen molar-refractivity contribution in [3.8, 4) is 0 Å². The van der Waals surface area contributed by atoms with Crippen LogP contribution in [0.4, 0.5) is 20.2 Å². The number of halogens is 2. The normalized spacial score (nSPS) is 10.2. The summed E-state index contributed by atoms with van der Waals surface area (Å²) in [4.78, 5) is 12.2. The molecule has 2 aromatic carbocycles. The molecule has 0 bridgehead atoms. The molecule has 0 aliphatic carbocycles. The Morgan fingerprint density at radius 2 is 1.86 bits per heavy atom. The van der Waals surface area contributed by atoms with Gasteiger partial charge in [0.25, 0.3) is 5.91 Å². The van der Waals surface area contributed by atoms with Crippen molar-refractivity contribution in [2.45, 2.75) is 13.3 Å². The standard InChI is InChI=1S/C16H16F2N2O/c1-2-9-19-14-6-4-3-5-12(14)16(21)20-15-8-7-11(17)10-13(15)18/h3-8,10,19H,2,9H2,1H3,(H,20,21). The maximum absolute atomic E-state index is 13.6. The van der Waals surface area contributed by atoms with Crippen LogP contribution in [0, 0.1) is 11.6 Å². The monoisotopic (exact) mass is 290 g/mol. The van der Waals surface area contributed by atoms with E-state index in [2.05, 4.69) is 10.6 Å². The first kappa shape index (κ1) is 15.0. The van der Waals surface area contributed by atoms with Crippen LogP contribution in [0.15, 0.2) is 42.5 Å². The van der Waals surface area contributed by atoms with Gasteiger partial charge in [0.05, 0.1) is 11.3 Å². The maximum Gasteiger partial charge on any atom is 0.257 e. The zero-order chi connectivity index (χ0) is 15.2. The molecule has 0 saturated heterocycles. The largest absolute Gasteiger partial charge is 0.384 e. The van der Waals surface area contributed by atoms with E-state index >= 15 is 0 Å². The summed E-state index contributed by atoms with van der Waals surface area (Å²) in [6.07, 6.45) is 0.919. The fourth-order valence-corrected chi connectivity index (χ4v) is 1.88. The summed E-state index contributed by atoms with van der Waals surface area (Å²) < 4.78 is 26.4. The number of rotatable bonds is 5. The molecule has 0 aliphatic heterocycles. The highest BCUT2D eigenvalue weighted by Gasteiger charge is 2.13. The minimum atomic E-state index is -0.803. The zero-order valence-electron chi connectivity index (χ0n) is 11.6. The summed E-state index contributed by atoms with van der Waals surface area (Å²) in [5.41, 5.74) is 1.04. The molecular formula is C16H16F2N2O. The number of amides is 1. The molecule has 0 aromatic heterocycles. The lowest BCUT2D eigenvalue weighted by Crippen LogP contribution is -2.16. The van der Waals surface area contributed by atoms with Gasteiger partial charge in [-0.25, -0.2) is 8.78 Å². The van der Waals surface area contributed by atoms with Crippen molar-refractivity contribution in [1.29, 1.82) is 0 Å². The van der Waals surface area contributed by atoms with Gasteiger partial charge in [0.2, 0.25) is 0 Å². The van der Waals surface area contributed by atoms with E-state index in [1.807, 2.05) is 13.0 Å². The molecule has 1 amide bonds. The van der Waals surface area contributed by atoms with Gasteiger partial charge < -0.3 is 10.6 Å². The lowest BCUT2D eigenvalue weighted by Gasteiger charge is -2.12. The maximum atomic E-state index is 13.6. The molecule has 0 atom stereocenters. The Labute approximate surface area is 122 Å². The predicted molar refractivity (Wildman–Crippen MR) is 79.5 cm³/mol. The van der Waals surface area contributed by atoms with E-state index < -0.39 is 17.5 Å². The van der Waals surface area contributed by atoms with Crippen LogP contribution in [-0.4, -0.2) is 12.5 Å². The molecule has 3 nitrogen and oxygen atoms in total. The fraction of sp³-hybridized carbons (Fsp3) is 0.188. The molecule has 0 aliphatic rings. The number of carbonyl (C=O) groups is 1. The summed E-state index contributed by atoms with van der Waals surface area (Å²) in [5, 5.41) is 5.59. The first-order valence-electron chi connectivity index (χ1n) is 6.71. The number of hydrogen-bond donors (Lipinski definition) is 2. The first-order valence-corrected chi connectivity index (χ1v) is 6.71. The van der Waals surface area contributed by atoms with Gasteiger partial charge in [-0.3, -0.25) is 4.79 Å². The van der Waals surface area contributed by atoms with Crippen LogP contribution in [-0.2, 0) is 0 Å². The van der Waals surface area contributed by atoms with Crippen LogP contribution in [0.2, 0.25) is 0 Å². The van der Waals surface area contributed by atoms with E-state index in [1.165, 1.54) is 6.07 Å². The van der Waals surface area contributed by atoms with Crippen molar-refractivity contribution in [3.63, 3.8) is 0 Å². The average Bonchev–Trinajstić information content (AvgIpc) is 2.48. The second kappa shape index (κ2) is 6.83. The third-order valence-corrected chi connectivity index (χ3v) is 2.92. The second-order valence-electron chi connectivity index (χ2n) is 4.55. The minimum absolute atomic E-state index is 0.0494. The third kappa shape index (κ3) is 3.78. The van der Waals surface area contributed by atoms with Gasteiger partial charge in [-0.1, -0.05) is 19.1 Å². The second-order valence-corrected chi connectivity index (χ2v) is 4.55. The SMILES string of the molecule is CCCNc1ccccc1C(=O)Nc1ccc(F)cc1F. The highest BCUT2D eigenvalue weighted by atomic mass is 19.1. The Bertz CT molecular complexity index is 644. The molecule has 0 radical (unpaired) electrons. The number of carbonyl (C=O) groups excluding carboxylic acids is 1. The van der Waals surface area contributed by atoms with Gasteiger partial charge in [-0.15, -0.1) is 0 Å². The van der Waals surface area contributed by atoms with Gasteiger partial charge in [-0.2, -0.15) is 0 Å². The van der Waals surface area contributed by atoms with Crippen LogP contribution in [0.3, 0.4) is 0 Å². The number of anilines is 2. The van der Waals surface area contributed by atoms with Crippen molar-refractivity contribution in [1.82, 2.24) is 0 Å². The van der Waals surface area contributed by atoms with Gasteiger partial charge in [0.15, 0.2) is 0 Å². The first-order chi connectivity index (χ1) is 10.1. The van der Waals surface area contributed by atoms with E-state index in [4.69, 9.17) is 0 Å². The lowest BCUT2D eigenvalue weighted by molar-refractivity contribution is 0.102. The Kier molecular flexibility index (Phi) is 4.87. The molecule has 0 spiro atoms. The molecular weight excluding hydrogens is 274 g/mol. The van der Waals surface area contributed by atoms with Crippen molar-refractivity contribution in [2.24, 2.45) is 0 Å². The van der Waals surface area contributed by atoms with Gasteiger partial charge in [0.1, 0.15) is 11.6 Å². The average molecular weight is 290 g/mol. The Hall–Kier alpha value is -2.43. The summed E-state index contributed by atoms with van der Waals surface area (Å²) >= 11 is 0. The van der Waals surface area contributed by atoms with E-state index in [9.17, 15) is 13.6 Å². The number of nitrogens with one attached hydrogen (secondary N) is 2. The zero-order valence-corrected chi connectivity index (χ0v) is 11.6. The fourth-order valence-electron chi connectivity index (χ4n) is 1.88. The van der Waals surface area contributed by atoms with Crippen LogP contribution >= 0.6 is 0 Å². The summed E-state index contributed by atoms with van der Waals surface area (Å²) in [6, 6.07) is 10.0. The smallest absolute Gasteiger partial charge is 0.257 e. The topological polar surface area (TPSA) is 41.1 Å². The van der Waals surface area contributed by atoms with Crippen molar-refractivity contribution in [3.05, 3.63) is 59.7 Å². The molecule has 0 unspecified atom stereocenters. The molecule has 0 heterocycles. The third-order valence-electron chi connectivity index (χ3n) is 2.92. The van der Waals surface area contributed by atoms with Crippen LogP contribution in [0.25, 0.3) is 0 Å². The summed E-state index contributed by atoms with van der Waals surface area (Å²) in [5.74, 6) is -1.93. The Balaban J connectivity index is 2.20. The van der Waals surface area contributed by atoms with Gasteiger partial charge >= 0.3 is 0 Å². The van der Waals surface area contributed by atoms with Gasteiger partial charge in [-0.05, 0) is 30.7 Å². The molecule has 0 fully saturated rings. The van der Waals surface area contributed by atoms with Crippen molar-refractivity contribution >= 4 is 17.3 Å². The molecule has 2 aromatic rings. The molecule has 21 heavy (non-hydrogen) atoms. The van der Waals surface area contributed by atoms with E-state index in [-0.39, 0.29) is 5.69 Å². The van der Waals surface area contributed by atoms with E-state index in [0.717, 1.165) is 25.1 Å². The Morgan fingerprint density at radius 3 is 2.57 bits per heavy atom. The molecule has 110 valence electrons.